The lowest BCUT2D eigenvalue weighted by molar-refractivity contribution is 1.65. The molecule has 0 aliphatic rings. The van der Waals surface area contributed by atoms with E-state index in [2.05, 4.69) is 85.4 Å². The summed E-state index contributed by atoms with van der Waals surface area (Å²) in [7, 11) is 0. The first kappa shape index (κ1) is 12.8. The van der Waals surface area contributed by atoms with Gasteiger partial charge >= 0.3 is 0 Å². The van der Waals surface area contributed by atoms with Crippen LogP contribution in [0.15, 0.2) is 85.4 Å². The van der Waals surface area contributed by atoms with Gasteiger partial charge in [0.15, 0.2) is 0 Å². The molecule has 0 heteroatoms. The van der Waals surface area contributed by atoms with Gasteiger partial charge < -0.3 is 0 Å². The highest BCUT2D eigenvalue weighted by Crippen LogP contribution is 2.32. The van der Waals surface area contributed by atoms with Crippen LogP contribution < -0.4 is 0 Å². The van der Waals surface area contributed by atoms with Gasteiger partial charge in [0.1, 0.15) is 0 Å². The minimum atomic E-state index is 1.20. The van der Waals surface area contributed by atoms with Crippen LogP contribution >= 0.6 is 0 Å². The average Bonchev–Trinajstić information content (AvgIpc) is 2.60. The van der Waals surface area contributed by atoms with E-state index in [1.807, 2.05) is 6.08 Å². The molecule has 0 N–H and O–H groups in total. The van der Waals surface area contributed by atoms with E-state index >= 15 is 0 Å². The Hall–Kier alpha value is -2.86. The van der Waals surface area contributed by atoms with Crippen molar-refractivity contribution in [1.29, 1.82) is 0 Å². The number of hydrogen-bond acceptors (Lipinski definition) is 0. The third kappa shape index (κ3) is 2.01. The van der Waals surface area contributed by atoms with Gasteiger partial charge in [-0.05, 0) is 44.3 Å². The molecular weight excluding hydrogens is 264 g/mol. The second-order valence-electron chi connectivity index (χ2n) is 5.51. The quantitative estimate of drug-likeness (QED) is 0.404. The maximum atomic E-state index is 4.03. The van der Waals surface area contributed by atoms with E-state index in [9.17, 15) is 0 Å². The Labute approximate surface area is 130 Å². The number of benzene rings is 4. The smallest absolute Gasteiger partial charge is 0.0105 e. The van der Waals surface area contributed by atoms with Gasteiger partial charge in [-0.2, -0.15) is 0 Å². The summed E-state index contributed by atoms with van der Waals surface area (Å²) < 4.78 is 0. The van der Waals surface area contributed by atoms with Crippen molar-refractivity contribution in [3.63, 3.8) is 0 Å². The lowest BCUT2D eigenvalue weighted by atomic mass is 9.93. The second kappa shape index (κ2) is 5.16. The van der Waals surface area contributed by atoms with Crippen molar-refractivity contribution >= 4 is 27.6 Å². The minimum absolute atomic E-state index is 1.20. The van der Waals surface area contributed by atoms with Gasteiger partial charge in [0, 0.05) is 0 Å². The monoisotopic (exact) mass is 280 g/mol. The van der Waals surface area contributed by atoms with Crippen LogP contribution in [0.1, 0.15) is 5.56 Å². The Morgan fingerprint density at radius 2 is 1.32 bits per heavy atom. The molecule has 0 bridgehead atoms. The first-order chi connectivity index (χ1) is 10.9. The molecule has 0 spiro atoms. The van der Waals surface area contributed by atoms with E-state index in [4.69, 9.17) is 0 Å². The summed E-state index contributed by atoms with van der Waals surface area (Å²) in [6, 6.07) is 28.0. The molecule has 0 aromatic heterocycles. The normalized spacial score (nSPS) is 10.9. The lowest BCUT2D eigenvalue weighted by Crippen LogP contribution is -1.86. The van der Waals surface area contributed by atoms with Crippen LogP contribution in [0.5, 0.6) is 0 Å². The highest BCUT2D eigenvalue weighted by atomic mass is 14.1. The fourth-order valence-corrected chi connectivity index (χ4v) is 3.12. The molecule has 0 saturated heterocycles. The Balaban J connectivity index is 2.01. The highest BCUT2D eigenvalue weighted by molar-refractivity contribution is 5.98. The zero-order valence-corrected chi connectivity index (χ0v) is 12.3. The summed E-state index contributed by atoms with van der Waals surface area (Å²) in [5.41, 5.74) is 3.67. The van der Waals surface area contributed by atoms with E-state index in [1.165, 1.54) is 38.2 Å². The standard InChI is InChI=1S/C22H16/c1-2-20-21-10-6-5-8-17(21)13-14-22(20)19-12-11-16-7-3-4-9-18(16)15-19/h2-15H,1H2. The summed E-state index contributed by atoms with van der Waals surface area (Å²) in [6.07, 6.45) is 1.97. The molecule has 0 aliphatic heterocycles. The molecule has 0 atom stereocenters. The van der Waals surface area contributed by atoms with Gasteiger partial charge in [-0.15, -0.1) is 0 Å². The fraction of sp³-hybridized carbons (Fsp3) is 0. The molecule has 0 heterocycles. The van der Waals surface area contributed by atoms with Crippen LogP contribution in [-0.4, -0.2) is 0 Å². The Morgan fingerprint density at radius 1 is 0.636 bits per heavy atom. The average molecular weight is 280 g/mol. The van der Waals surface area contributed by atoms with Crippen LogP contribution in [0.3, 0.4) is 0 Å². The molecule has 0 aliphatic carbocycles. The van der Waals surface area contributed by atoms with Crippen molar-refractivity contribution in [1.82, 2.24) is 0 Å². The van der Waals surface area contributed by atoms with Gasteiger partial charge in [-0.1, -0.05) is 85.5 Å². The van der Waals surface area contributed by atoms with Crippen molar-refractivity contribution < 1.29 is 0 Å². The van der Waals surface area contributed by atoms with Crippen LogP contribution in [0.4, 0.5) is 0 Å². The van der Waals surface area contributed by atoms with Crippen molar-refractivity contribution in [2.45, 2.75) is 0 Å². The Kier molecular flexibility index (Phi) is 3.01. The van der Waals surface area contributed by atoms with Gasteiger partial charge in [-0.3, -0.25) is 0 Å². The predicted octanol–water partition coefficient (Wildman–Crippen LogP) is 6.30. The minimum Gasteiger partial charge on any atom is -0.0984 e. The summed E-state index contributed by atoms with van der Waals surface area (Å²) in [5.74, 6) is 0. The van der Waals surface area contributed by atoms with E-state index in [0.29, 0.717) is 0 Å². The maximum absolute atomic E-state index is 4.03. The third-order valence-electron chi connectivity index (χ3n) is 4.24. The van der Waals surface area contributed by atoms with Crippen LogP contribution in [0.25, 0.3) is 38.7 Å². The molecule has 0 saturated carbocycles. The molecular formula is C22H16. The summed E-state index contributed by atoms with van der Waals surface area (Å²) >= 11 is 0. The van der Waals surface area contributed by atoms with Crippen molar-refractivity contribution in [2.75, 3.05) is 0 Å². The molecule has 0 fully saturated rings. The van der Waals surface area contributed by atoms with E-state index in [1.54, 1.807) is 0 Å². The van der Waals surface area contributed by atoms with Crippen molar-refractivity contribution in [2.24, 2.45) is 0 Å². The van der Waals surface area contributed by atoms with Crippen molar-refractivity contribution in [3.8, 4) is 11.1 Å². The largest absolute Gasteiger partial charge is 0.0984 e. The summed E-state index contributed by atoms with van der Waals surface area (Å²) in [4.78, 5) is 0. The molecule has 0 nitrogen and oxygen atoms in total. The molecule has 22 heavy (non-hydrogen) atoms. The molecule has 4 aromatic carbocycles. The number of hydrogen-bond donors (Lipinski definition) is 0. The first-order valence-corrected chi connectivity index (χ1v) is 7.50. The SMILES string of the molecule is C=Cc1c(-c2ccc3ccccc3c2)ccc2ccccc12. The van der Waals surface area contributed by atoms with Crippen LogP contribution in [0.2, 0.25) is 0 Å². The van der Waals surface area contributed by atoms with E-state index in [-0.39, 0.29) is 0 Å². The van der Waals surface area contributed by atoms with Gasteiger partial charge in [0.2, 0.25) is 0 Å². The van der Waals surface area contributed by atoms with Crippen LogP contribution in [-0.2, 0) is 0 Å². The van der Waals surface area contributed by atoms with Gasteiger partial charge in [0.05, 0.1) is 0 Å². The molecule has 104 valence electrons. The molecule has 0 unspecified atom stereocenters. The van der Waals surface area contributed by atoms with Crippen molar-refractivity contribution in [3.05, 3.63) is 91.0 Å². The predicted molar refractivity (Wildman–Crippen MR) is 97.0 cm³/mol. The topological polar surface area (TPSA) is 0 Å². The summed E-state index contributed by atoms with van der Waals surface area (Å²) in [6.45, 7) is 4.03. The maximum Gasteiger partial charge on any atom is -0.0105 e. The summed E-state index contributed by atoms with van der Waals surface area (Å²) in [5, 5.41) is 5.04. The van der Waals surface area contributed by atoms with E-state index in [0.717, 1.165) is 0 Å². The Bertz CT molecular complexity index is 993. The Morgan fingerprint density at radius 3 is 2.14 bits per heavy atom. The second-order valence-corrected chi connectivity index (χ2v) is 5.51. The van der Waals surface area contributed by atoms with Crippen LogP contribution in [0, 0.1) is 0 Å². The van der Waals surface area contributed by atoms with Gasteiger partial charge in [0.25, 0.3) is 0 Å². The third-order valence-corrected chi connectivity index (χ3v) is 4.24. The van der Waals surface area contributed by atoms with Gasteiger partial charge in [-0.25, -0.2) is 0 Å². The zero-order chi connectivity index (χ0) is 14.9. The fourth-order valence-electron chi connectivity index (χ4n) is 3.12. The molecule has 0 amide bonds. The first-order valence-electron chi connectivity index (χ1n) is 7.50. The number of fused-ring (bicyclic) bond motifs is 2. The molecule has 4 rings (SSSR count). The molecule has 4 aromatic rings. The molecule has 0 radical (unpaired) electrons. The highest BCUT2D eigenvalue weighted by Gasteiger charge is 2.07. The lowest BCUT2D eigenvalue weighted by Gasteiger charge is -2.11. The van der Waals surface area contributed by atoms with E-state index < -0.39 is 0 Å². The zero-order valence-electron chi connectivity index (χ0n) is 12.3. The number of rotatable bonds is 2.